The summed E-state index contributed by atoms with van der Waals surface area (Å²) in [4.78, 5) is 13.3. The van der Waals surface area contributed by atoms with Crippen molar-refractivity contribution in [3.63, 3.8) is 0 Å². The molecule has 3 aliphatic rings. The van der Waals surface area contributed by atoms with Gasteiger partial charge in [-0.05, 0) is 64.2 Å². The Hall–Kier alpha value is -2.25. The first kappa shape index (κ1) is 76.0. The average molecular weight is 1200 g/mol. The molecule has 84 heavy (non-hydrogen) atoms. The predicted molar refractivity (Wildman–Crippen MR) is 323 cm³/mol. The van der Waals surface area contributed by atoms with Crippen molar-refractivity contribution < 1.29 is 89.4 Å². The molecule has 19 heteroatoms. The molecular weight excluding hydrogens is 1080 g/mol. The SMILES string of the molecule is CC/C=C/CC/C=C/CC/C=C/C(O)C(COC1OC(CO)C(OC2OC(CO)C(OC3OC(CO)C(O)C(O)C3O)C(O)C2O)C(O)C1O)NC(=O)CCCCCCCCCCCCCCCCCCC/C=C\CCCCCCCCCC. The molecule has 0 saturated carbocycles. The molecular formula is C65H117NO18. The van der Waals surface area contributed by atoms with E-state index in [0.717, 1.165) is 44.9 Å². The fraction of sp³-hybridized carbons (Fsp3) is 0.862. The van der Waals surface area contributed by atoms with Crippen molar-refractivity contribution >= 4 is 5.91 Å². The monoisotopic (exact) mass is 1200 g/mol. The minimum absolute atomic E-state index is 0.233. The van der Waals surface area contributed by atoms with E-state index in [1.165, 1.54) is 148 Å². The average Bonchev–Trinajstić information content (AvgIpc) is 2.86. The van der Waals surface area contributed by atoms with Gasteiger partial charge in [-0.3, -0.25) is 4.79 Å². The first-order valence-electron chi connectivity index (χ1n) is 32.9. The minimum atomic E-state index is -1.98. The van der Waals surface area contributed by atoms with Gasteiger partial charge in [0, 0.05) is 6.42 Å². The second kappa shape index (κ2) is 47.7. The van der Waals surface area contributed by atoms with E-state index in [1.54, 1.807) is 6.08 Å². The van der Waals surface area contributed by atoms with Crippen LogP contribution in [-0.2, 0) is 33.2 Å². The van der Waals surface area contributed by atoms with Gasteiger partial charge in [0.1, 0.15) is 73.2 Å². The van der Waals surface area contributed by atoms with Crippen LogP contribution >= 0.6 is 0 Å². The molecule has 0 aliphatic carbocycles. The van der Waals surface area contributed by atoms with Crippen LogP contribution in [0.15, 0.2) is 48.6 Å². The normalized spacial score (nSPS) is 29.5. The molecule has 3 fully saturated rings. The Labute approximate surface area is 503 Å². The van der Waals surface area contributed by atoms with E-state index in [4.69, 9.17) is 28.4 Å². The van der Waals surface area contributed by atoms with Crippen LogP contribution in [0.25, 0.3) is 0 Å². The third kappa shape index (κ3) is 30.3. The van der Waals surface area contributed by atoms with Crippen molar-refractivity contribution in [2.75, 3.05) is 26.4 Å². The number of aliphatic hydroxyl groups is 11. The topological polar surface area (TPSA) is 307 Å². The summed E-state index contributed by atoms with van der Waals surface area (Å²) in [7, 11) is 0. The highest BCUT2D eigenvalue weighted by atomic mass is 16.8. The number of carbonyl (C=O) groups excluding carboxylic acids is 1. The lowest BCUT2D eigenvalue weighted by Gasteiger charge is -2.48. The van der Waals surface area contributed by atoms with E-state index in [2.05, 4.69) is 55.6 Å². The number of rotatable bonds is 49. The standard InChI is InChI=1S/C65H117NO18/c1-3-5-7-9-11-13-15-16-17-18-19-20-21-22-23-24-25-26-27-28-29-30-31-32-33-35-37-39-41-43-53(71)66-48(49(70)42-40-38-36-34-14-12-10-8-6-4-2)47-79-63-59(77)56(74)61(51(45-68)81-63)84-65-60(78)57(75)62(52(46-69)82-65)83-64-58(76)55(73)54(72)50(44-67)80-64/h6,8,14,18-19,34,40,42,48-52,54-65,67-70,72-78H,3-5,7,9-13,15-17,20-33,35-39,41,43-47H2,1-2H3,(H,66,71)/b8-6+,19-18-,34-14+,42-40+. The van der Waals surface area contributed by atoms with Crippen molar-refractivity contribution in [2.45, 2.75) is 330 Å². The molecule has 3 rings (SSSR count). The molecule has 3 heterocycles. The zero-order chi connectivity index (χ0) is 61.2. The molecule has 19 nitrogen and oxygen atoms in total. The Morgan fingerprint density at radius 1 is 0.429 bits per heavy atom. The summed E-state index contributed by atoms with van der Waals surface area (Å²) >= 11 is 0. The Morgan fingerprint density at radius 3 is 1.25 bits per heavy atom. The summed E-state index contributed by atoms with van der Waals surface area (Å²) in [5.74, 6) is -0.291. The number of aliphatic hydroxyl groups excluding tert-OH is 11. The van der Waals surface area contributed by atoms with Gasteiger partial charge in [0.15, 0.2) is 18.9 Å². The summed E-state index contributed by atoms with van der Waals surface area (Å²) in [6.45, 7) is 1.57. The molecule has 0 aromatic heterocycles. The van der Waals surface area contributed by atoms with Gasteiger partial charge in [-0.1, -0.05) is 204 Å². The van der Waals surface area contributed by atoms with Crippen LogP contribution in [0.1, 0.15) is 226 Å². The molecule has 1 amide bonds. The third-order valence-electron chi connectivity index (χ3n) is 16.3. The zero-order valence-electron chi connectivity index (χ0n) is 51.4. The Bertz CT molecular complexity index is 1720. The fourth-order valence-electron chi connectivity index (χ4n) is 11.0. The molecule has 0 radical (unpaired) electrons. The van der Waals surface area contributed by atoms with E-state index >= 15 is 0 Å². The second-order valence-electron chi connectivity index (χ2n) is 23.5. The summed E-state index contributed by atoms with van der Waals surface area (Å²) in [5.41, 5.74) is 0. The lowest BCUT2D eigenvalue weighted by molar-refractivity contribution is -0.379. The molecule has 17 unspecified atom stereocenters. The quantitative estimate of drug-likeness (QED) is 0.0208. The number of ether oxygens (including phenoxy) is 6. The van der Waals surface area contributed by atoms with Gasteiger partial charge in [-0.2, -0.15) is 0 Å². The largest absolute Gasteiger partial charge is 0.394 e. The van der Waals surface area contributed by atoms with Crippen LogP contribution in [0, 0.1) is 0 Å². The number of allylic oxidation sites excluding steroid dienone is 7. The Kier molecular flexibility index (Phi) is 43.2. The van der Waals surface area contributed by atoms with Gasteiger partial charge in [0.25, 0.3) is 0 Å². The molecule has 12 N–H and O–H groups in total. The molecule has 490 valence electrons. The third-order valence-corrected chi connectivity index (χ3v) is 16.3. The Balaban J connectivity index is 1.37. The molecule has 17 atom stereocenters. The number of hydrogen-bond acceptors (Lipinski definition) is 18. The van der Waals surface area contributed by atoms with Crippen LogP contribution in [0.5, 0.6) is 0 Å². The maximum Gasteiger partial charge on any atom is 0.220 e. The summed E-state index contributed by atoms with van der Waals surface area (Å²) in [6.07, 6.45) is 28.5. The molecule has 3 aliphatic heterocycles. The van der Waals surface area contributed by atoms with Gasteiger partial charge in [0.2, 0.25) is 5.91 Å². The second-order valence-corrected chi connectivity index (χ2v) is 23.5. The van der Waals surface area contributed by atoms with Crippen LogP contribution in [0.2, 0.25) is 0 Å². The van der Waals surface area contributed by atoms with Gasteiger partial charge >= 0.3 is 0 Å². The van der Waals surface area contributed by atoms with E-state index in [-0.39, 0.29) is 18.9 Å². The van der Waals surface area contributed by atoms with Crippen LogP contribution in [-0.4, -0.2) is 193 Å². The summed E-state index contributed by atoms with van der Waals surface area (Å²) < 4.78 is 34.2. The molecule has 0 spiro atoms. The zero-order valence-corrected chi connectivity index (χ0v) is 51.4. The van der Waals surface area contributed by atoms with Crippen LogP contribution in [0.4, 0.5) is 0 Å². The van der Waals surface area contributed by atoms with E-state index < -0.39 is 124 Å². The first-order valence-corrected chi connectivity index (χ1v) is 32.9. The molecule has 3 saturated heterocycles. The maximum absolute atomic E-state index is 13.3. The van der Waals surface area contributed by atoms with Crippen molar-refractivity contribution in [2.24, 2.45) is 0 Å². The van der Waals surface area contributed by atoms with E-state index in [9.17, 15) is 61.0 Å². The summed E-state index contributed by atoms with van der Waals surface area (Å²) in [5, 5.41) is 120. The number of carbonyl (C=O) groups is 1. The number of amides is 1. The highest BCUT2D eigenvalue weighted by Gasteiger charge is 2.53. The van der Waals surface area contributed by atoms with E-state index in [0.29, 0.717) is 12.8 Å². The van der Waals surface area contributed by atoms with Gasteiger partial charge in [0.05, 0.1) is 38.6 Å². The fourth-order valence-corrected chi connectivity index (χ4v) is 11.0. The highest BCUT2D eigenvalue weighted by Crippen LogP contribution is 2.33. The Morgan fingerprint density at radius 2 is 0.798 bits per heavy atom. The minimum Gasteiger partial charge on any atom is -0.394 e. The highest BCUT2D eigenvalue weighted by molar-refractivity contribution is 5.76. The van der Waals surface area contributed by atoms with Gasteiger partial charge in [-0.25, -0.2) is 0 Å². The number of nitrogens with one attached hydrogen (secondary N) is 1. The maximum atomic E-state index is 13.3. The lowest BCUT2D eigenvalue weighted by atomic mass is 9.96. The summed E-state index contributed by atoms with van der Waals surface area (Å²) in [6, 6.07) is -0.994. The van der Waals surface area contributed by atoms with Crippen molar-refractivity contribution in [1.29, 1.82) is 0 Å². The van der Waals surface area contributed by atoms with Crippen LogP contribution in [0.3, 0.4) is 0 Å². The van der Waals surface area contributed by atoms with Crippen LogP contribution < -0.4 is 5.32 Å². The van der Waals surface area contributed by atoms with Gasteiger partial charge < -0.3 is 89.9 Å². The smallest absolute Gasteiger partial charge is 0.220 e. The number of hydrogen-bond donors (Lipinski definition) is 12. The number of unbranched alkanes of at least 4 members (excludes halogenated alkanes) is 27. The van der Waals surface area contributed by atoms with E-state index in [1.807, 2.05) is 6.08 Å². The first-order chi connectivity index (χ1) is 40.8. The van der Waals surface area contributed by atoms with Crippen molar-refractivity contribution in [3.05, 3.63) is 48.6 Å². The van der Waals surface area contributed by atoms with Gasteiger partial charge in [-0.15, -0.1) is 0 Å². The predicted octanol–water partition coefficient (Wildman–Crippen LogP) is 7.43. The lowest BCUT2D eigenvalue weighted by Crippen LogP contribution is -2.66. The molecule has 0 aromatic rings. The van der Waals surface area contributed by atoms with Crippen molar-refractivity contribution in [1.82, 2.24) is 5.32 Å². The molecule has 0 aromatic carbocycles. The molecule has 0 bridgehead atoms. The van der Waals surface area contributed by atoms with Crippen molar-refractivity contribution in [3.8, 4) is 0 Å².